The Labute approximate surface area is 254 Å². The van der Waals surface area contributed by atoms with Crippen LogP contribution in [0.1, 0.15) is 44.1 Å². The number of benzene rings is 2. The first kappa shape index (κ1) is 28.8. The molecule has 0 spiro atoms. The number of likely N-dealkylation sites (tertiary alicyclic amines) is 1. The Bertz CT molecular complexity index is 1640. The lowest BCUT2D eigenvalue weighted by Gasteiger charge is -2.34. The number of nitriles is 1. The number of allylic oxidation sites excluding steroid dienone is 5. The molecule has 6 rings (SSSR count). The quantitative estimate of drug-likeness (QED) is 0.344. The molecular formula is C33H31ClFN5O3. The topological polar surface area (TPSA) is 128 Å². The summed E-state index contributed by atoms with van der Waals surface area (Å²) in [6.45, 7) is -0.239. The van der Waals surface area contributed by atoms with Gasteiger partial charge in [0.05, 0.1) is 29.4 Å². The number of nitrogens with zero attached hydrogens (tertiary/aromatic N) is 2. The van der Waals surface area contributed by atoms with Gasteiger partial charge in [-0.2, -0.15) is 5.26 Å². The average molecular weight is 600 g/mol. The van der Waals surface area contributed by atoms with Crippen LogP contribution in [0, 0.1) is 29.0 Å². The summed E-state index contributed by atoms with van der Waals surface area (Å²) in [5.74, 6) is -0.944. The van der Waals surface area contributed by atoms with E-state index in [4.69, 9.17) is 17.3 Å². The first-order chi connectivity index (χ1) is 20.7. The van der Waals surface area contributed by atoms with Crippen molar-refractivity contribution in [3.05, 3.63) is 93.8 Å². The van der Waals surface area contributed by atoms with Crippen LogP contribution in [0.5, 0.6) is 0 Å². The van der Waals surface area contributed by atoms with Crippen LogP contribution >= 0.6 is 11.6 Å². The molecule has 1 saturated heterocycles. The van der Waals surface area contributed by atoms with E-state index in [2.05, 4.69) is 16.7 Å². The molecule has 3 aliphatic carbocycles. The van der Waals surface area contributed by atoms with Gasteiger partial charge in [0, 0.05) is 23.0 Å². The number of halogens is 2. The van der Waals surface area contributed by atoms with Crippen molar-refractivity contribution in [3.8, 4) is 6.07 Å². The summed E-state index contributed by atoms with van der Waals surface area (Å²) in [6.07, 6.45) is 10.1. The standard InChI is InChI=1S/C33H31ClFN5O3/c34-22-7-9-23(10-8-22)38-32(43)40-18-24(41)15-30(40)31(42)39-29-14-21(6-11-28(29)35)33(37,13-12-19-4-5-19)27-3-1-2-20(17-36)25-16-26(25)27/h1-3,6-11,14,19,26,30H,4-5,12-13,15-16,18,37H2,(H,38,43)(H,39,42)/t26?,30-,33?/m1/s1. The molecule has 43 heavy (non-hydrogen) atoms. The molecule has 4 N–H and O–H groups in total. The van der Waals surface area contributed by atoms with E-state index < -0.39 is 29.3 Å². The number of amides is 3. The first-order valence-electron chi connectivity index (χ1n) is 14.4. The lowest BCUT2D eigenvalue weighted by atomic mass is 9.76. The summed E-state index contributed by atoms with van der Waals surface area (Å²) < 4.78 is 15.2. The van der Waals surface area contributed by atoms with Crippen molar-refractivity contribution < 1.29 is 18.8 Å². The van der Waals surface area contributed by atoms with E-state index in [0.29, 0.717) is 34.2 Å². The monoisotopic (exact) mass is 599 g/mol. The second kappa shape index (κ2) is 11.4. The lowest BCUT2D eigenvalue weighted by Crippen LogP contribution is -2.45. The molecule has 0 radical (unpaired) electrons. The predicted octanol–water partition coefficient (Wildman–Crippen LogP) is 5.97. The molecule has 1 aliphatic heterocycles. The van der Waals surface area contributed by atoms with Crippen molar-refractivity contribution >= 4 is 40.7 Å². The highest BCUT2D eigenvalue weighted by Crippen LogP contribution is 2.54. The third-order valence-corrected chi connectivity index (χ3v) is 9.02. The Morgan fingerprint density at radius 2 is 1.91 bits per heavy atom. The summed E-state index contributed by atoms with van der Waals surface area (Å²) in [7, 11) is 0. The number of Topliss-reactive ketones (excluding diaryl/α,β-unsaturated/α-hetero) is 1. The molecule has 3 fully saturated rings. The van der Waals surface area contributed by atoms with Crippen LogP contribution in [0.4, 0.5) is 20.6 Å². The number of rotatable bonds is 8. The minimum atomic E-state index is -1.11. The fraction of sp³-hybridized carbons (Fsp3) is 0.333. The predicted molar refractivity (Wildman–Crippen MR) is 161 cm³/mol. The highest BCUT2D eigenvalue weighted by atomic mass is 35.5. The largest absolute Gasteiger partial charge is 0.322 e. The Kier molecular flexibility index (Phi) is 7.67. The van der Waals surface area contributed by atoms with E-state index in [0.717, 1.165) is 41.7 Å². The first-order valence-corrected chi connectivity index (χ1v) is 14.8. The molecule has 0 aromatic heterocycles. The number of fused-ring (bicyclic) bond motifs is 1. The molecular weight excluding hydrogens is 569 g/mol. The van der Waals surface area contributed by atoms with Gasteiger partial charge >= 0.3 is 6.03 Å². The molecule has 3 atom stereocenters. The molecule has 2 unspecified atom stereocenters. The highest BCUT2D eigenvalue weighted by molar-refractivity contribution is 6.30. The maximum Gasteiger partial charge on any atom is 0.322 e. The molecule has 2 saturated carbocycles. The summed E-state index contributed by atoms with van der Waals surface area (Å²) in [6, 6.07) is 11.5. The van der Waals surface area contributed by atoms with Crippen molar-refractivity contribution in [2.45, 2.75) is 50.1 Å². The number of carbonyl (C=O) groups excluding carboxylic acids is 3. The van der Waals surface area contributed by atoms with Gasteiger partial charge in [0.25, 0.3) is 0 Å². The van der Waals surface area contributed by atoms with Crippen molar-refractivity contribution in [2.75, 3.05) is 17.2 Å². The van der Waals surface area contributed by atoms with Crippen LogP contribution in [-0.2, 0) is 15.1 Å². The van der Waals surface area contributed by atoms with Gasteiger partial charge in [-0.1, -0.05) is 42.7 Å². The SMILES string of the molecule is N#CC1=C2CC2C(C(N)(CCC2CC2)c2ccc(F)c(NC(=O)[C@H]3CC(=O)CN3C(=O)Nc3ccc(Cl)cc3)c2)=CC=C1. The number of nitrogens with two attached hydrogens (primary N) is 1. The van der Waals surface area contributed by atoms with Crippen LogP contribution in [0.15, 0.2) is 77.4 Å². The zero-order valence-corrected chi connectivity index (χ0v) is 24.2. The van der Waals surface area contributed by atoms with Gasteiger partial charge in [-0.05, 0) is 84.4 Å². The Morgan fingerprint density at radius 3 is 2.63 bits per heavy atom. The normalized spacial score (nSPS) is 22.2. The van der Waals surface area contributed by atoms with Crippen molar-refractivity contribution in [1.82, 2.24) is 4.90 Å². The summed E-state index contributed by atoms with van der Waals surface area (Å²) in [4.78, 5) is 39.9. The molecule has 4 aliphatic rings. The molecule has 2 aromatic rings. The van der Waals surface area contributed by atoms with Crippen molar-refractivity contribution in [3.63, 3.8) is 0 Å². The van der Waals surface area contributed by atoms with E-state index in [1.807, 2.05) is 12.2 Å². The van der Waals surface area contributed by atoms with Gasteiger partial charge in [-0.25, -0.2) is 9.18 Å². The fourth-order valence-electron chi connectivity index (χ4n) is 6.07. The van der Waals surface area contributed by atoms with Crippen LogP contribution < -0.4 is 16.4 Å². The smallest absolute Gasteiger partial charge is 0.322 e. The zero-order chi connectivity index (χ0) is 30.3. The zero-order valence-electron chi connectivity index (χ0n) is 23.4. The number of hydrogen-bond donors (Lipinski definition) is 3. The maximum atomic E-state index is 15.2. The second-order valence-corrected chi connectivity index (χ2v) is 12.2. The number of hydrogen-bond acceptors (Lipinski definition) is 5. The number of nitrogens with one attached hydrogen (secondary N) is 2. The van der Waals surface area contributed by atoms with Crippen LogP contribution in [-0.4, -0.2) is 35.2 Å². The number of carbonyl (C=O) groups is 3. The Hall–Kier alpha value is -4.26. The van der Waals surface area contributed by atoms with E-state index in [1.54, 1.807) is 42.5 Å². The fourth-order valence-corrected chi connectivity index (χ4v) is 6.20. The van der Waals surface area contributed by atoms with Crippen LogP contribution in [0.3, 0.4) is 0 Å². The summed E-state index contributed by atoms with van der Waals surface area (Å²) in [5.41, 5.74) is 10.00. The molecule has 8 nitrogen and oxygen atoms in total. The Balaban J connectivity index is 1.25. The van der Waals surface area contributed by atoms with E-state index >= 15 is 4.39 Å². The van der Waals surface area contributed by atoms with Crippen molar-refractivity contribution in [2.24, 2.45) is 17.6 Å². The van der Waals surface area contributed by atoms with Crippen molar-refractivity contribution in [1.29, 1.82) is 5.26 Å². The molecule has 10 heteroatoms. The molecule has 1 heterocycles. The van der Waals surface area contributed by atoms with Gasteiger partial charge in [0.15, 0.2) is 5.78 Å². The third kappa shape index (κ3) is 5.99. The van der Waals surface area contributed by atoms with E-state index in [1.165, 1.54) is 6.07 Å². The average Bonchev–Trinajstić information content (AvgIpc) is 3.91. The Morgan fingerprint density at radius 1 is 1.14 bits per heavy atom. The second-order valence-electron chi connectivity index (χ2n) is 11.7. The van der Waals surface area contributed by atoms with Gasteiger partial charge in [-0.15, -0.1) is 0 Å². The minimum absolute atomic E-state index is 0.0501. The molecule has 2 aromatic carbocycles. The van der Waals surface area contributed by atoms with E-state index in [-0.39, 0.29) is 30.4 Å². The maximum absolute atomic E-state index is 15.2. The third-order valence-electron chi connectivity index (χ3n) is 8.77. The van der Waals surface area contributed by atoms with Crippen LogP contribution in [0.25, 0.3) is 0 Å². The number of urea groups is 1. The minimum Gasteiger partial charge on any atom is -0.322 e. The number of anilines is 2. The van der Waals surface area contributed by atoms with Gasteiger partial charge in [0.1, 0.15) is 11.9 Å². The molecule has 220 valence electrons. The highest BCUT2D eigenvalue weighted by Gasteiger charge is 2.46. The van der Waals surface area contributed by atoms with Gasteiger partial charge < -0.3 is 21.3 Å². The van der Waals surface area contributed by atoms with Crippen LogP contribution in [0.2, 0.25) is 5.02 Å². The van der Waals surface area contributed by atoms with Gasteiger partial charge in [0.2, 0.25) is 5.91 Å². The molecule has 0 bridgehead atoms. The van der Waals surface area contributed by atoms with Gasteiger partial charge in [-0.3, -0.25) is 9.59 Å². The lowest BCUT2D eigenvalue weighted by molar-refractivity contribution is -0.121. The summed E-state index contributed by atoms with van der Waals surface area (Å²) >= 11 is 5.92. The molecule has 3 amide bonds. The summed E-state index contributed by atoms with van der Waals surface area (Å²) in [5, 5.41) is 15.3. The van der Waals surface area contributed by atoms with E-state index in [9.17, 15) is 19.6 Å². The number of ketones is 1.